The molecule has 0 saturated carbocycles. The van der Waals surface area contributed by atoms with Crippen molar-refractivity contribution >= 4 is 11.4 Å². The molecule has 0 aliphatic carbocycles. The first-order valence-electron chi connectivity index (χ1n) is 3.30. The Balaban J connectivity index is -0.0000000720. The van der Waals surface area contributed by atoms with E-state index in [0.29, 0.717) is 0 Å². The van der Waals surface area contributed by atoms with Gasteiger partial charge in [0.15, 0.2) is 0 Å². The third-order valence-electron chi connectivity index (χ3n) is 1.19. The molecule has 0 aliphatic rings. The molecule has 4 heteroatoms. The van der Waals surface area contributed by atoms with Crippen LogP contribution in [0.25, 0.3) is 0 Å². The van der Waals surface area contributed by atoms with E-state index < -0.39 is 0 Å². The zero-order valence-electron chi connectivity index (χ0n) is 8.62. The Morgan fingerprint density at radius 2 is 1.15 bits per heavy atom. The van der Waals surface area contributed by atoms with Crippen LogP contribution in [0.2, 0.25) is 0 Å². The van der Waals surface area contributed by atoms with Gasteiger partial charge < -0.3 is 0 Å². The molecule has 0 bridgehead atoms. The van der Waals surface area contributed by atoms with Crippen LogP contribution in [0.4, 0.5) is 0 Å². The summed E-state index contributed by atoms with van der Waals surface area (Å²) < 4.78 is 0. The molecule has 2 nitrogen and oxygen atoms in total. The number of hydrogen-bond donors (Lipinski definition) is 0. The average Bonchev–Trinajstić information content (AvgIpc) is 2.03. The number of aliphatic imine (C=N–C) groups is 2. The quantitative estimate of drug-likeness (QED) is 0.333. The molecule has 0 spiro atoms. The van der Waals surface area contributed by atoms with Crippen molar-refractivity contribution < 1.29 is 47.6 Å². The van der Waals surface area contributed by atoms with E-state index in [2.05, 4.69) is 28.9 Å². The molecule has 0 amide bonds. The summed E-state index contributed by atoms with van der Waals surface area (Å²) in [5.41, 5.74) is 4.26. The van der Waals surface area contributed by atoms with Gasteiger partial charge in [-0.25, -0.2) is 0 Å². The van der Waals surface area contributed by atoms with E-state index in [0.717, 1.165) is 11.4 Å². The van der Waals surface area contributed by atoms with Crippen molar-refractivity contribution in [2.45, 2.75) is 13.8 Å². The predicted octanol–water partition coefficient (Wildman–Crippen LogP) is 2.12. The minimum Gasteiger partial charge on any atom is -0.292 e. The van der Waals surface area contributed by atoms with Crippen LogP contribution in [0.1, 0.15) is 13.8 Å². The molecular formula is C9H16N2NiU. The third-order valence-corrected chi connectivity index (χ3v) is 1.19. The van der Waals surface area contributed by atoms with Crippen LogP contribution in [0, 0.1) is 31.1 Å². The smallest absolute Gasteiger partial charge is 0.0520 e. The molecule has 0 aromatic carbocycles. The van der Waals surface area contributed by atoms with Crippen LogP contribution in [-0.2, 0) is 16.5 Å². The van der Waals surface area contributed by atoms with E-state index >= 15 is 0 Å². The first-order valence-corrected chi connectivity index (χ1v) is 3.30. The summed E-state index contributed by atoms with van der Waals surface area (Å²) in [6, 6.07) is 0. The van der Waals surface area contributed by atoms with E-state index in [1.807, 2.05) is 13.8 Å². The summed E-state index contributed by atoms with van der Waals surface area (Å²) in [7, 11) is 3.54. The maximum atomic E-state index is 3.95. The minimum absolute atomic E-state index is 0. The standard InChI is InChI=1S/C6H12N2.C3H4.Ni.U/c1-5(7-3)6(2)8-4;1-3-2;;/h1-4H3;1-2H2;;. The summed E-state index contributed by atoms with van der Waals surface area (Å²) >= 11 is 0. The molecule has 0 aromatic heterocycles. The van der Waals surface area contributed by atoms with Gasteiger partial charge in [0.05, 0.1) is 11.4 Å². The SMILES string of the molecule is C=C=C.CN=C(C)C(C)=NC.[Ni].[U]. The van der Waals surface area contributed by atoms with Gasteiger partial charge in [0.25, 0.3) is 0 Å². The van der Waals surface area contributed by atoms with Crippen LogP contribution in [0.5, 0.6) is 0 Å². The van der Waals surface area contributed by atoms with Crippen molar-refractivity contribution in [1.82, 2.24) is 0 Å². The number of hydrogen-bond acceptors (Lipinski definition) is 2. The normalized spacial score (nSPS) is 9.54. The fourth-order valence-electron chi connectivity index (χ4n) is 0.324. The second kappa shape index (κ2) is 18.2. The van der Waals surface area contributed by atoms with Gasteiger partial charge in [-0.15, -0.1) is 5.73 Å². The largest absolute Gasteiger partial charge is 0.292 e. The molecular weight excluding hydrogens is 433 g/mol. The van der Waals surface area contributed by atoms with Crippen molar-refractivity contribution in [2.24, 2.45) is 9.98 Å². The maximum absolute atomic E-state index is 3.95. The second-order valence-corrected chi connectivity index (χ2v) is 1.87. The zero-order valence-corrected chi connectivity index (χ0v) is 13.8. The Morgan fingerprint density at radius 3 is 1.23 bits per heavy atom. The second-order valence-electron chi connectivity index (χ2n) is 1.87. The molecule has 0 aliphatic heterocycles. The Hall–Kier alpha value is 0.405. The van der Waals surface area contributed by atoms with Crippen molar-refractivity contribution in [3.63, 3.8) is 0 Å². The van der Waals surface area contributed by atoms with Crippen LogP contribution in [-0.4, -0.2) is 25.5 Å². The predicted molar refractivity (Wildman–Crippen MR) is 52.8 cm³/mol. The van der Waals surface area contributed by atoms with Gasteiger partial charge in [0.2, 0.25) is 0 Å². The third kappa shape index (κ3) is 19.0. The fourth-order valence-corrected chi connectivity index (χ4v) is 0.324. The number of rotatable bonds is 1. The monoisotopic (exact) mass is 448 g/mol. The molecule has 0 N–H and O–H groups in total. The van der Waals surface area contributed by atoms with Crippen molar-refractivity contribution in [1.29, 1.82) is 0 Å². The molecule has 0 heterocycles. The minimum atomic E-state index is 0. The van der Waals surface area contributed by atoms with Gasteiger partial charge in [-0.3, -0.25) is 9.98 Å². The van der Waals surface area contributed by atoms with E-state index in [4.69, 9.17) is 0 Å². The van der Waals surface area contributed by atoms with Gasteiger partial charge in [-0.05, 0) is 13.8 Å². The topological polar surface area (TPSA) is 24.7 Å². The summed E-state index contributed by atoms with van der Waals surface area (Å²) in [6.45, 7) is 10.1. The fraction of sp³-hybridized carbons (Fsp3) is 0.444. The van der Waals surface area contributed by atoms with E-state index in [1.165, 1.54) is 0 Å². The van der Waals surface area contributed by atoms with Crippen LogP contribution >= 0.6 is 0 Å². The molecule has 0 radical (unpaired) electrons. The average molecular weight is 449 g/mol. The van der Waals surface area contributed by atoms with Crippen molar-refractivity contribution in [3.8, 4) is 0 Å². The molecule has 0 aromatic rings. The Bertz CT molecular complexity index is 176. The first-order chi connectivity index (χ1) is 5.13. The molecule has 0 unspecified atom stereocenters. The summed E-state index contributed by atoms with van der Waals surface area (Å²) in [6.07, 6.45) is 0. The molecule has 0 atom stereocenters. The van der Waals surface area contributed by atoms with Crippen LogP contribution in [0.3, 0.4) is 0 Å². The molecule has 13 heavy (non-hydrogen) atoms. The zero-order chi connectivity index (χ0) is 9.28. The van der Waals surface area contributed by atoms with Gasteiger partial charge in [-0.1, -0.05) is 13.2 Å². The summed E-state index contributed by atoms with van der Waals surface area (Å²) in [5, 5.41) is 0. The van der Waals surface area contributed by atoms with Crippen LogP contribution in [0.15, 0.2) is 28.9 Å². The Kier molecular flexibility index (Phi) is 32.7. The summed E-state index contributed by atoms with van der Waals surface area (Å²) in [4.78, 5) is 7.89. The van der Waals surface area contributed by atoms with Gasteiger partial charge in [-0.2, -0.15) is 0 Å². The summed E-state index contributed by atoms with van der Waals surface area (Å²) in [5.74, 6) is 0. The first kappa shape index (κ1) is 23.3. The van der Waals surface area contributed by atoms with Crippen molar-refractivity contribution in [2.75, 3.05) is 14.1 Å². The molecule has 0 saturated heterocycles. The maximum Gasteiger partial charge on any atom is 0.0520 e. The van der Waals surface area contributed by atoms with Crippen molar-refractivity contribution in [3.05, 3.63) is 18.9 Å². The molecule has 0 rings (SSSR count). The Labute approximate surface area is 115 Å². The van der Waals surface area contributed by atoms with Crippen LogP contribution < -0.4 is 0 Å². The number of nitrogens with zero attached hydrogens (tertiary/aromatic N) is 2. The van der Waals surface area contributed by atoms with Gasteiger partial charge in [0.1, 0.15) is 0 Å². The molecule has 76 valence electrons. The van der Waals surface area contributed by atoms with E-state index in [9.17, 15) is 0 Å². The van der Waals surface area contributed by atoms with E-state index in [1.54, 1.807) is 14.1 Å². The van der Waals surface area contributed by atoms with E-state index in [-0.39, 0.29) is 47.6 Å². The Morgan fingerprint density at radius 1 is 1.00 bits per heavy atom. The van der Waals surface area contributed by atoms with Gasteiger partial charge >= 0.3 is 0 Å². The molecule has 0 fully saturated rings. The van der Waals surface area contributed by atoms with Gasteiger partial charge in [0, 0.05) is 61.7 Å².